The zero-order valence-corrected chi connectivity index (χ0v) is 26.1. The summed E-state index contributed by atoms with van der Waals surface area (Å²) in [7, 11) is 3.34. The van der Waals surface area contributed by atoms with E-state index in [4.69, 9.17) is 4.74 Å². The smallest absolute Gasteiger partial charge is 0.274 e. The molecule has 0 bridgehead atoms. The Morgan fingerprint density at radius 3 is 2.43 bits per heavy atom. The standard InChI is InChI=1S/C17H14FN3O3S.C15H20N2O2/c1-21(2)17(23)15-8-12-16(25-15)14(5-6-19-12)24-13-4-3-10(20-9-22)7-11(13)18;1-11-12(2)16(10-15(3,4)19)17(14(11)18)13-8-6-5-7-9-13/h3-9H,1-2H3,(H,20,22);5-9,19H,10H2,1-4H3. The van der Waals surface area contributed by atoms with E-state index >= 15 is 0 Å². The molecule has 5 rings (SSSR count). The molecule has 0 unspecified atom stereocenters. The lowest BCUT2D eigenvalue weighted by atomic mass is 10.1. The highest BCUT2D eigenvalue weighted by Crippen LogP contribution is 2.36. The number of aromatic nitrogens is 3. The fraction of sp³-hybridized carbons (Fsp3) is 0.250. The van der Waals surface area contributed by atoms with Gasteiger partial charge in [0.05, 0.1) is 32.9 Å². The molecule has 0 aliphatic heterocycles. The van der Waals surface area contributed by atoms with Crippen LogP contribution in [0.4, 0.5) is 10.1 Å². The third kappa shape index (κ3) is 7.21. The second kappa shape index (κ2) is 13.2. The molecular weight excluding hydrogens is 585 g/mol. The lowest BCUT2D eigenvalue weighted by molar-refractivity contribution is -0.105. The number of benzene rings is 2. The molecule has 0 fully saturated rings. The summed E-state index contributed by atoms with van der Waals surface area (Å²) in [6, 6.07) is 16.9. The topological polar surface area (TPSA) is 119 Å². The first-order valence-electron chi connectivity index (χ1n) is 13.7. The lowest BCUT2D eigenvalue weighted by Crippen LogP contribution is -2.32. The molecule has 5 aromatic rings. The number of thiophene rings is 1. The van der Waals surface area contributed by atoms with E-state index in [0.29, 0.717) is 45.0 Å². The summed E-state index contributed by atoms with van der Waals surface area (Å²) in [5, 5.41) is 12.4. The summed E-state index contributed by atoms with van der Waals surface area (Å²) < 4.78 is 23.9. The van der Waals surface area contributed by atoms with Crippen molar-refractivity contribution in [3.05, 3.63) is 99.2 Å². The minimum absolute atomic E-state index is 0.0119. The number of hydrogen-bond donors (Lipinski definition) is 2. The van der Waals surface area contributed by atoms with Crippen molar-refractivity contribution in [2.75, 3.05) is 19.4 Å². The second-order valence-corrected chi connectivity index (χ2v) is 11.9. The van der Waals surface area contributed by atoms with Crippen LogP contribution in [0.2, 0.25) is 0 Å². The SMILES string of the molecule is CN(C)C(=O)c1cc2nccc(Oc3ccc(NC=O)cc3F)c2s1.Cc1c(C)n(CC(C)(C)O)n(-c2ccccc2)c1=O. The first kappa shape index (κ1) is 32.1. The maximum absolute atomic E-state index is 14.1. The highest BCUT2D eigenvalue weighted by atomic mass is 32.1. The highest BCUT2D eigenvalue weighted by molar-refractivity contribution is 7.21. The third-order valence-electron chi connectivity index (χ3n) is 6.59. The molecule has 0 radical (unpaired) electrons. The second-order valence-electron chi connectivity index (χ2n) is 10.9. The summed E-state index contributed by atoms with van der Waals surface area (Å²) in [6.07, 6.45) is 2.01. The van der Waals surface area contributed by atoms with Crippen LogP contribution in [0.1, 0.15) is 34.8 Å². The number of hydrogen-bond acceptors (Lipinski definition) is 7. The normalized spacial score (nSPS) is 11.1. The van der Waals surface area contributed by atoms with Crippen LogP contribution in [0.3, 0.4) is 0 Å². The number of fused-ring (bicyclic) bond motifs is 1. The predicted octanol–water partition coefficient (Wildman–Crippen LogP) is 5.52. The number of para-hydroxylation sites is 1. The summed E-state index contributed by atoms with van der Waals surface area (Å²) in [6.45, 7) is 7.57. The van der Waals surface area contributed by atoms with Crippen molar-refractivity contribution >= 4 is 39.6 Å². The number of halogens is 1. The Labute approximate surface area is 257 Å². The Morgan fingerprint density at radius 1 is 1.11 bits per heavy atom. The van der Waals surface area contributed by atoms with Crippen molar-refractivity contribution in [1.29, 1.82) is 0 Å². The Hall–Kier alpha value is -4.81. The quantitative estimate of drug-likeness (QED) is 0.221. The zero-order chi connectivity index (χ0) is 32.2. The lowest BCUT2D eigenvalue weighted by Gasteiger charge is -2.22. The van der Waals surface area contributed by atoms with Crippen LogP contribution < -0.4 is 15.6 Å². The van der Waals surface area contributed by atoms with Crippen LogP contribution in [0.5, 0.6) is 11.5 Å². The van der Waals surface area contributed by atoms with Gasteiger partial charge in [-0.15, -0.1) is 11.3 Å². The number of nitrogens with one attached hydrogen (secondary N) is 1. The molecular formula is C32H34FN5O5S. The van der Waals surface area contributed by atoms with Crippen LogP contribution in [-0.4, -0.2) is 56.4 Å². The van der Waals surface area contributed by atoms with Crippen LogP contribution in [-0.2, 0) is 11.3 Å². The third-order valence-corrected chi connectivity index (χ3v) is 7.72. The van der Waals surface area contributed by atoms with Gasteiger partial charge in [-0.25, -0.2) is 9.07 Å². The molecule has 3 aromatic heterocycles. The zero-order valence-electron chi connectivity index (χ0n) is 25.3. The van der Waals surface area contributed by atoms with E-state index in [1.807, 2.05) is 48.9 Å². The van der Waals surface area contributed by atoms with Crippen molar-refractivity contribution in [2.45, 2.75) is 39.8 Å². The summed E-state index contributed by atoms with van der Waals surface area (Å²) in [5.41, 5.74) is 2.44. The molecule has 2 amide bonds. The molecule has 0 saturated heterocycles. The van der Waals surface area contributed by atoms with E-state index in [0.717, 1.165) is 17.4 Å². The van der Waals surface area contributed by atoms with Gasteiger partial charge in [0.25, 0.3) is 11.5 Å². The van der Waals surface area contributed by atoms with Gasteiger partial charge in [-0.1, -0.05) is 18.2 Å². The number of aliphatic hydroxyl groups is 1. The van der Waals surface area contributed by atoms with Gasteiger partial charge in [0, 0.05) is 49.4 Å². The first-order chi connectivity index (χ1) is 20.8. The molecule has 44 heavy (non-hydrogen) atoms. The van der Waals surface area contributed by atoms with Crippen LogP contribution >= 0.6 is 11.3 Å². The minimum atomic E-state index is -0.876. The summed E-state index contributed by atoms with van der Waals surface area (Å²) in [4.78, 5) is 41.1. The number of rotatable bonds is 8. The van der Waals surface area contributed by atoms with Crippen molar-refractivity contribution in [3.8, 4) is 17.2 Å². The van der Waals surface area contributed by atoms with Gasteiger partial charge in [-0.05, 0) is 58.0 Å². The first-order valence-corrected chi connectivity index (χ1v) is 14.5. The Balaban J connectivity index is 0.000000209. The van der Waals surface area contributed by atoms with Gasteiger partial charge in [0.1, 0.15) is 5.75 Å². The number of carbonyl (C=O) groups is 2. The van der Waals surface area contributed by atoms with Crippen LogP contribution in [0.25, 0.3) is 15.9 Å². The molecule has 2 N–H and O–H groups in total. The predicted molar refractivity (Wildman–Crippen MR) is 170 cm³/mol. The molecule has 0 saturated carbocycles. The highest BCUT2D eigenvalue weighted by Gasteiger charge is 2.21. The fourth-order valence-corrected chi connectivity index (χ4v) is 5.42. The number of amides is 2. The van der Waals surface area contributed by atoms with E-state index in [2.05, 4.69) is 10.3 Å². The van der Waals surface area contributed by atoms with Gasteiger partial charge in [-0.3, -0.25) is 24.0 Å². The Bertz CT molecular complexity index is 1850. The van der Waals surface area contributed by atoms with Gasteiger partial charge >= 0.3 is 0 Å². The van der Waals surface area contributed by atoms with Gasteiger partial charge < -0.3 is 20.1 Å². The Morgan fingerprint density at radius 2 is 1.82 bits per heavy atom. The summed E-state index contributed by atoms with van der Waals surface area (Å²) in [5.74, 6) is -0.331. The molecule has 12 heteroatoms. The number of carbonyl (C=O) groups excluding carboxylic acids is 2. The molecule has 0 atom stereocenters. The molecule has 0 aliphatic carbocycles. The molecule has 230 valence electrons. The van der Waals surface area contributed by atoms with Crippen molar-refractivity contribution < 1.29 is 23.8 Å². The summed E-state index contributed by atoms with van der Waals surface area (Å²) >= 11 is 1.24. The van der Waals surface area contributed by atoms with Crippen molar-refractivity contribution in [1.82, 2.24) is 19.2 Å². The molecule has 10 nitrogen and oxygen atoms in total. The van der Waals surface area contributed by atoms with E-state index in [1.54, 1.807) is 44.8 Å². The number of anilines is 1. The van der Waals surface area contributed by atoms with E-state index in [-0.39, 0.29) is 17.2 Å². The van der Waals surface area contributed by atoms with E-state index < -0.39 is 11.4 Å². The van der Waals surface area contributed by atoms with Gasteiger partial charge in [0.15, 0.2) is 11.6 Å². The van der Waals surface area contributed by atoms with E-state index in [9.17, 15) is 23.9 Å². The number of pyridine rings is 1. The molecule has 3 heterocycles. The van der Waals surface area contributed by atoms with Crippen LogP contribution in [0.15, 0.2) is 71.7 Å². The van der Waals surface area contributed by atoms with Gasteiger partial charge in [-0.2, -0.15) is 0 Å². The minimum Gasteiger partial charge on any atom is -0.453 e. The maximum Gasteiger partial charge on any atom is 0.274 e. The molecule has 2 aromatic carbocycles. The molecule has 0 spiro atoms. The van der Waals surface area contributed by atoms with E-state index in [1.165, 1.54) is 34.6 Å². The van der Waals surface area contributed by atoms with Crippen LogP contribution in [0, 0.1) is 19.7 Å². The van der Waals surface area contributed by atoms with Gasteiger partial charge in [0.2, 0.25) is 6.41 Å². The number of nitrogens with zero attached hydrogens (tertiary/aromatic N) is 4. The largest absolute Gasteiger partial charge is 0.453 e. The maximum atomic E-state index is 14.1. The van der Waals surface area contributed by atoms with Crippen molar-refractivity contribution in [2.24, 2.45) is 0 Å². The Kier molecular flexibility index (Phi) is 9.65. The number of ether oxygens (including phenoxy) is 1. The average Bonchev–Trinajstić information content (AvgIpc) is 3.50. The van der Waals surface area contributed by atoms with Crippen molar-refractivity contribution in [3.63, 3.8) is 0 Å². The monoisotopic (exact) mass is 619 g/mol. The average molecular weight is 620 g/mol. The fourth-order valence-electron chi connectivity index (χ4n) is 4.33. The molecule has 0 aliphatic rings.